The van der Waals surface area contributed by atoms with Crippen LogP contribution >= 0.6 is 0 Å². The van der Waals surface area contributed by atoms with Crippen LogP contribution in [-0.4, -0.2) is 43.7 Å². The molecule has 0 radical (unpaired) electrons. The van der Waals surface area contributed by atoms with E-state index in [9.17, 15) is 4.79 Å². The summed E-state index contributed by atoms with van der Waals surface area (Å²) in [5.41, 5.74) is 8.78. The predicted molar refractivity (Wildman–Crippen MR) is 79.6 cm³/mol. The summed E-state index contributed by atoms with van der Waals surface area (Å²) in [6, 6.07) is 8.85. The molecule has 1 aromatic rings. The highest BCUT2D eigenvalue weighted by Crippen LogP contribution is 2.26. The Labute approximate surface area is 120 Å². The van der Waals surface area contributed by atoms with Gasteiger partial charge in [-0.3, -0.25) is 4.79 Å². The summed E-state index contributed by atoms with van der Waals surface area (Å²) in [4.78, 5) is 13.5. The predicted octanol–water partition coefficient (Wildman–Crippen LogP) is 1.67. The average Bonchev–Trinajstić information content (AvgIpc) is 2.45. The molecule has 0 bridgehead atoms. The zero-order valence-corrected chi connectivity index (χ0v) is 12.3. The third kappa shape index (κ3) is 4.05. The SMILES string of the molecule is COC(=O)CCN1CC(N)CC(c2ccc(C)cc2)C1. The summed E-state index contributed by atoms with van der Waals surface area (Å²) in [6.07, 6.45) is 1.45. The number of methoxy groups -OCH3 is 1. The van der Waals surface area contributed by atoms with Crippen LogP contribution in [0.15, 0.2) is 24.3 Å². The first-order valence-electron chi connectivity index (χ1n) is 7.20. The molecule has 1 aliphatic rings. The molecule has 0 spiro atoms. The van der Waals surface area contributed by atoms with Crippen LogP contribution in [0.3, 0.4) is 0 Å². The van der Waals surface area contributed by atoms with Crippen molar-refractivity contribution >= 4 is 5.97 Å². The summed E-state index contributed by atoms with van der Waals surface area (Å²) in [5, 5.41) is 0. The second-order valence-electron chi connectivity index (χ2n) is 5.69. The molecule has 1 saturated heterocycles. The third-order valence-corrected chi connectivity index (χ3v) is 3.97. The van der Waals surface area contributed by atoms with Crippen molar-refractivity contribution < 1.29 is 9.53 Å². The Morgan fingerprint density at radius 3 is 2.70 bits per heavy atom. The van der Waals surface area contributed by atoms with Gasteiger partial charge in [0.1, 0.15) is 0 Å². The van der Waals surface area contributed by atoms with Crippen LogP contribution in [0.4, 0.5) is 0 Å². The van der Waals surface area contributed by atoms with Crippen molar-refractivity contribution in [3.63, 3.8) is 0 Å². The van der Waals surface area contributed by atoms with Crippen LogP contribution in [0, 0.1) is 6.92 Å². The number of nitrogens with zero attached hydrogens (tertiary/aromatic N) is 1. The van der Waals surface area contributed by atoms with E-state index in [4.69, 9.17) is 10.5 Å². The number of nitrogens with two attached hydrogens (primary N) is 1. The van der Waals surface area contributed by atoms with Crippen molar-refractivity contribution in [1.82, 2.24) is 4.90 Å². The quantitative estimate of drug-likeness (QED) is 0.850. The highest BCUT2D eigenvalue weighted by Gasteiger charge is 2.26. The second-order valence-corrected chi connectivity index (χ2v) is 5.69. The third-order valence-electron chi connectivity index (χ3n) is 3.97. The maximum Gasteiger partial charge on any atom is 0.306 e. The standard InChI is InChI=1S/C16H24N2O2/c1-12-3-5-13(6-4-12)14-9-15(17)11-18(10-14)8-7-16(19)20-2/h3-6,14-15H,7-11,17H2,1-2H3. The van der Waals surface area contributed by atoms with Crippen molar-refractivity contribution in [2.75, 3.05) is 26.7 Å². The fourth-order valence-corrected chi connectivity index (χ4v) is 2.85. The Bertz CT molecular complexity index is 444. The van der Waals surface area contributed by atoms with Gasteiger partial charge in [0, 0.05) is 25.7 Å². The van der Waals surface area contributed by atoms with Crippen molar-refractivity contribution in [3.05, 3.63) is 35.4 Å². The molecular weight excluding hydrogens is 252 g/mol. The van der Waals surface area contributed by atoms with Crippen molar-refractivity contribution in [3.8, 4) is 0 Å². The van der Waals surface area contributed by atoms with Crippen LogP contribution in [0.2, 0.25) is 0 Å². The molecule has 110 valence electrons. The van der Waals surface area contributed by atoms with Crippen molar-refractivity contribution in [1.29, 1.82) is 0 Å². The van der Waals surface area contributed by atoms with Gasteiger partial charge in [-0.25, -0.2) is 0 Å². The summed E-state index contributed by atoms with van der Waals surface area (Å²) in [7, 11) is 1.43. The minimum Gasteiger partial charge on any atom is -0.469 e. The summed E-state index contributed by atoms with van der Waals surface area (Å²) < 4.78 is 4.70. The molecule has 1 aromatic carbocycles. The molecule has 1 aliphatic heterocycles. The first kappa shape index (κ1) is 15.0. The van der Waals surface area contributed by atoms with E-state index in [-0.39, 0.29) is 12.0 Å². The van der Waals surface area contributed by atoms with Crippen LogP contribution in [0.5, 0.6) is 0 Å². The zero-order valence-electron chi connectivity index (χ0n) is 12.3. The van der Waals surface area contributed by atoms with E-state index in [1.807, 2.05) is 0 Å². The molecule has 0 aliphatic carbocycles. The van der Waals surface area contributed by atoms with Gasteiger partial charge in [-0.1, -0.05) is 29.8 Å². The average molecular weight is 276 g/mol. The minimum absolute atomic E-state index is 0.156. The highest BCUT2D eigenvalue weighted by atomic mass is 16.5. The Balaban J connectivity index is 1.97. The van der Waals surface area contributed by atoms with Gasteiger partial charge in [-0.15, -0.1) is 0 Å². The number of carbonyl (C=O) groups excluding carboxylic acids is 1. The maximum atomic E-state index is 11.2. The summed E-state index contributed by atoms with van der Waals surface area (Å²) in [5.74, 6) is 0.299. The molecule has 2 unspecified atom stereocenters. The number of esters is 1. The number of hydrogen-bond donors (Lipinski definition) is 1. The maximum absolute atomic E-state index is 11.2. The number of ether oxygens (including phenoxy) is 1. The molecule has 2 rings (SSSR count). The molecule has 0 aromatic heterocycles. The van der Waals surface area contributed by atoms with Gasteiger partial charge in [0.25, 0.3) is 0 Å². The normalized spacial score (nSPS) is 23.6. The fourth-order valence-electron chi connectivity index (χ4n) is 2.85. The Morgan fingerprint density at radius 2 is 2.05 bits per heavy atom. The number of benzene rings is 1. The molecule has 4 heteroatoms. The molecular formula is C16H24N2O2. The van der Waals surface area contributed by atoms with Gasteiger partial charge in [0.05, 0.1) is 13.5 Å². The molecule has 1 fully saturated rings. The number of rotatable bonds is 4. The van der Waals surface area contributed by atoms with Gasteiger partial charge in [-0.2, -0.15) is 0 Å². The number of piperidine rings is 1. The van der Waals surface area contributed by atoms with Gasteiger partial charge in [0.15, 0.2) is 0 Å². The highest BCUT2D eigenvalue weighted by molar-refractivity contribution is 5.69. The molecule has 1 heterocycles. The van der Waals surface area contributed by atoms with E-state index >= 15 is 0 Å². The fraction of sp³-hybridized carbons (Fsp3) is 0.562. The number of aryl methyl sites for hydroxylation is 1. The van der Waals surface area contributed by atoms with Crippen LogP contribution < -0.4 is 5.73 Å². The second kappa shape index (κ2) is 6.86. The van der Waals surface area contributed by atoms with Crippen molar-refractivity contribution in [2.45, 2.75) is 31.7 Å². The number of likely N-dealkylation sites (tertiary alicyclic amines) is 1. The summed E-state index contributed by atoms with van der Waals surface area (Å²) >= 11 is 0. The van der Waals surface area contributed by atoms with Gasteiger partial charge >= 0.3 is 5.97 Å². The molecule has 2 N–H and O–H groups in total. The van der Waals surface area contributed by atoms with E-state index < -0.39 is 0 Å². The Morgan fingerprint density at radius 1 is 1.35 bits per heavy atom. The topological polar surface area (TPSA) is 55.6 Å². The van der Waals surface area contributed by atoms with E-state index in [2.05, 4.69) is 36.1 Å². The van der Waals surface area contributed by atoms with E-state index in [1.54, 1.807) is 0 Å². The van der Waals surface area contributed by atoms with E-state index in [0.717, 1.165) is 26.1 Å². The van der Waals surface area contributed by atoms with Gasteiger partial charge < -0.3 is 15.4 Å². The molecule has 4 nitrogen and oxygen atoms in total. The van der Waals surface area contributed by atoms with E-state index in [0.29, 0.717) is 12.3 Å². The molecule has 20 heavy (non-hydrogen) atoms. The lowest BCUT2D eigenvalue weighted by atomic mass is 9.88. The Kier molecular flexibility index (Phi) is 5.15. The lowest BCUT2D eigenvalue weighted by Gasteiger charge is -2.36. The number of carbonyl (C=O) groups is 1. The minimum atomic E-state index is -0.156. The lowest BCUT2D eigenvalue weighted by Crippen LogP contribution is -2.46. The molecule has 0 amide bonds. The first-order chi connectivity index (χ1) is 9.58. The zero-order chi connectivity index (χ0) is 14.5. The molecule has 2 atom stereocenters. The van der Waals surface area contributed by atoms with Crippen molar-refractivity contribution in [2.24, 2.45) is 5.73 Å². The van der Waals surface area contributed by atoms with Crippen LogP contribution in [0.1, 0.15) is 29.9 Å². The van der Waals surface area contributed by atoms with Gasteiger partial charge in [0.2, 0.25) is 0 Å². The molecule has 0 saturated carbocycles. The van der Waals surface area contributed by atoms with Gasteiger partial charge in [-0.05, 0) is 24.8 Å². The van der Waals surface area contributed by atoms with E-state index in [1.165, 1.54) is 18.2 Å². The summed E-state index contributed by atoms with van der Waals surface area (Å²) in [6.45, 7) is 4.65. The smallest absolute Gasteiger partial charge is 0.306 e. The monoisotopic (exact) mass is 276 g/mol. The largest absolute Gasteiger partial charge is 0.469 e. The number of hydrogen-bond acceptors (Lipinski definition) is 4. The van der Waals surface area contributed by atoms with Crippen LogP contribution in [0.25, 0.3) is 0 Å². The Hall–Kier alpha value is -1.39. The first-order valence-corrected chi connectivity index (χ1v) is 7.20. The van der Waals surface area contributed by atoms with Crippen LogP contribution in [-0.2, 0) is 9.53 Å². The lowest BCUT2D eigenvalue weighted by molar-refractivity contribution is -0.141.